The summed E-state index contributed by atoms with van der Waals surface area (Å²) < 4.78 is 37.7. The van der Waals surface area contributed by atoms with E-state index in [2.05, 4.69) is 47.1 Å². The van der Waals surface area contributed by atoms with Crippen LogP contribution in [-0.4, -0.2) is 101 Å². The van der Waals surface area contributed by atoms with Crippen molar-refractivity contribution >= 4 is 39.7 Å². The molecule has 0 radical (unpaired) electrons. The van der Waals surface area contributed by atoms with Gasteiger partial charge in [0.15, 0.2) is 0 Å². The van der Waals surface area contributed by atoms with Gasteiger partial charge in [-0.1, -0.05) is 61.9 Å². The summed E-state index contributed by atoms with van der Waals surface area (Å²) in [6.45, 7) is 4.25. The number of fused-ring (bicyclic) bond motifs is 5. The molecular weight excluding hydrogens is 867 g/mol. The molecule has 4 aromatic carbocycles. The lowest BCUT2D eigenvalue weighted by atomic mass is 9.93. The smallest absolute Gasteiger partial charge is 0.298 e. The Hall–Kier alpha value is -6.38. The number of ether oxygens (including phenoxy) is 2. The second-order valence-electron chi connectivity index (χ2n) is 16.1. The third kappa shape index (κ3) is 13.6. The van der Waals surface area contributed by atoms with E-state index in [0.29, 0.717) is 45.7 Å². The van der Waals surface area contributed by atoms with Gasteiger partial charge < -0.3 is 47.5 Å². The molecule has 4 aromatic rings. The zero-order valence-electron chi connectivity index (χ0n) is 37.5. The maximum atomic E-state index is 14.7. The SMILES string of the molecule is CCCCc1ccc(-c2ccc(C(=O)N[C@@H](CCCN)C(=O)N(C)[C@@H]3C(=O)N[C@@H](C)C(=O)N[C@H](C(=O)NS(N)(=O)=O)Cc4ccc(OCCN)c(c4)-c4cc3ccc4OCCN)cc2)cc1. The van der Waals surface area contributed by atoms with Crippen molar-refractivity contribution in [2.75, 3.05) is 39.9 Å². The van der Waals surface area contributed by atoms with E-state index in [4.69, 9.17) is 31.8 Å². The minimum Gasteiger partial charge on any atom is -0.492 e. The van der Waals surface area contributed by atoms with Crippen LogP contribution in [0.1, 0.15) is 72.6 Å². The monoisotopic (exact) mass is 927 g/mol. The fourth-order valence-electron chi connectivity index (χ4n) is 7.55. The highest BCUT2D eigenvalue weighted by atomic mass is 32.2. The molecule has 5 amide bonds. The van der Waals surface area contributed by atoms with Crippen molar-refractivity contribution in [3.05, 3.63) is 107 Å². The van der Waals surface area contributed by atoms with Crippen LogP contribution in [0.25, 0.3) is 22.3 Å². The van der Waals surface area contributed by atoms with Crippen molar-refractivity contribution in [2.24, 2.45) is 22.3 Å². The molecule has 19 heteroatoms. The minimum absolute atomic E-state index is 0.101. The maximum Gasteiger partial charge on any atom is 0.298 e. The number of hydrogen-bond acceptors (Lipinski definition) is 12. The zero-order chi connectivity index (χ0) is 48.0. The summed E-state index contributed by atoms with van der Waals surface area (Å²) in [4.78, 5) is 71.3. The summed E-state index contributed by atoms with van der Waals surface area (Å²) in [5, 5.41) is 13.2. The number of nitrogens with two attached hydrogens (primary N) is 4. The van der Waals surface area contributed by atoms with Crippen LogP contribution in [-0.2, 0) is 42.2 Å². The molecule has 4 atom stereocenters. The first kappa shape index (κ1) is 50.6. The third-order valence-corrected chi connectivity index (χ3v) is 11.5. The lowest BCUT2D eigenvalue weighted by molar-refractivity contribution is -0.141. The van der Waals surface area contributed by atoms with Crippen molar-refractivity contribution in [1.82, 2.24) is 25.6 Å². The first-order valence-electron chi connectivity index (χ1n) is 21.9. The molecule has 18 nitrogen and oxygen atoms in total. The summed E-state index contributed by atoms with van der Waals surface area (Å²) >= 11 is 0. The molecule has 0 saturated carbocycles. The van der Waals surface area contributed by atoms with Gasteiger partial charge in [-0.15, -0.1) is 0 Å². The number of benzene rings is 4. The average molecular weight is 928 g/mol. The number of likely N-dealkylation sites (N-methyl/N-ethyl adjacent to an activating group) is 1. The summed E-state index contributed by atoms with van der Waals surface area (Å²) in [6.07, 6.45) is 3.49. The standard InChI is InChI=1S/C47H61N9O9S/c1-4-5-7-30-9-12-32(13-10-30)33-14-16-34(17-15-33)44(58)53-38(8-6-21-48)47(61)56(3)42-35-18-20-41(65-25-23-50)37(28-35)36-26-31(11-19-40(36)64-24-22-49)27-39(45(59)55-66(51,62)63)54-43(57)29(2)52-46(42)60/h9-20,26,28-29,38-39,42H,4-8,21-25,27,48-50H2,1-3H3,(H,52,60)(H,53,58)(H,54,57)(H,55,59)(H2,51,62,63)/t29-,38-,39-,42-/m0/s1. The second-order valence-corrected chi connectivity index (χ2v) is 17.3. The topological polar surface area (TPSA) is 293 Å². The highest BCUT2D eigenvalue weighted by Crippen LogP contribution is 2.40. The number of amides is 5. The number of rotatable bonds is 19. The molecule has 1 aliphatic rings. The summed E-state index contributed by atoms with van der Waals surface area (Å²) in [5.41, 5.74) is 22.6. The number of nitrogens with one attached hydrogen (secondary N) is 4. The van der Waals surface area contributed by atoms with E-state index in [1.54, 1.807) is 53.3 Å². The van der Waals surface area contributed by atoms with Crippen LogP contribution in [0, 0.1) is 0 Å². The summed E-state index contributed by atoms with van der Waals surface area (Å²) in [5.74, 6) is -3.27. The lowest BCUT2D eigenvalue weighted by Crippen LogP contribution is -2.56. The van der Waals surface area contributed by atoms with Crippen molar-refractivity contribution in [3.63, 3.8) is 0 Å². The van der Waals surface area contributed by atoms with Gasteiger partial charge >= 0.3 is 0 Å². The molecule has 12 N–H and O–H groups in total. The molecule has 1 aliphatic heterocycles. The van der Waals surface area contributed by atoms with Gasteiger partial charge in [0.25, 0.3) is 22.0 Å². The van der Waals surface area contributed by atoms with E-state index < -0.39 is 63.9 Å². The fraction of sp³-hybridized carbons (Fsp3) is 0.383. The Morgan fingerprint density at radius 1 is 0.803 bits per heavy atom. The van der Waals surface area contributed by atoms with Crippen LogP contribution in [0.3, 0.4) is 0 Å². The summed E-state index contributed by atoms with van der Waals surface area (Å²) in [6, 6.07) is 19.7. The van der Waals surface area contributed by atoms with E-state index in [-0.39, 0.29) is 45.7 Å². The van der Waals surface area contributed by atoms with Crippen LogP contribution in [0.4, 0.5) is 0 Å². The van der Waals surface area contributed by atoms with Gasteiger partial charge in [-0.25, -0.2) is 9.86 Å². The van der Waals surface area contributed by atoms with E-state index in [1.165, 1.54) is 24.4 Å². The molecular formula is C47H61N9O9S. The number of carbonyl (C=O) groups excluding carboxylic acids is 5. The van der Waals surface area contributed by atoms with Crippen LogP contribution < -0.4 is 52.5 Å². The highest BCUT2D eigenvalue weighted by Gasteiger charge is 2.36. The minimum atomic E-state index is -4.54. The van der Waals surface area contributed by atoms with Crippen LogP contribution in [0.5, 0.6) is 11.5 Å². The molecule has 354 valence electrons. The lowest BCUT2D eigenvalue weighted by Gasteiger charge is -2.32. The van der Waals surface area contributed by atoms with Crippen molar-refractivity contribution in [2.45, 2.75) is 76.5 Å². The molecule has 4 bridgehead atoms. The molecule has 1 heterocycles. The number of nitrogens with zero attached hydrogens (tertiary/aromatic N) is 1. The van der Waals surface area contributed by atoms with Crippen molar-refractivity contribution in [1.29, 1.82) is 0 Å². The molecule has 0 unspecified atom stereocenters. The van der Waals surface area contributed by atoms with Gasteiger partial charge in [-0.2, -0.15) is 8.42 Å². The van der Waals surface area contributed by atoms with Crippen molar-refractivity contribution in [3.8, 4) is 33.8 Å². The van der Waals surface area contributed by atoms with Crippen LogP contribution in [0.15, 0.2) is 84.9 Å². The quantitative estimate of drug-likeness (QED) is 0.0670. The van der Waals surface area contributed by atoms with E-state index in [9.17, 15) is 32.4 Å². The Balaban J connectivity index is 1.55. The second kappa shape index (κ2) is 23.7. The first-order chi connectivity index (χ1) is 31.6. The average Bonchev–Trinajstić information content (AvgIpc) is 3.30. The number of aryl methyl sites for hydroxylation is 1. The molecule has 0 fully saturated rings. The van der Waals surface area contributed by atoms with Gasteiger partial charge in [-0.05, 0) is 103 Å². The molecule has 0 aromatic heterocycles. The predicted molar refractivity (Wildman–Crippen MR) is 251 cm³/mol. The van der Waals surface area contributed by atoms with Gasteiger partial charge in [0.2, 0.25) is 17.7 Å². The molecule has 0 saturated heterocycles. The Kier molecular flexibility index (Phi) is 18.2. The van der Waals surface area contributed by atoms with Gasteiger partial charge in [-0.3, -0.25) is 24.0 Å². The Bertz CT molecular complexity index is 2450. The predicted octanol–water partition coefficient (Wildman–Crippen LogP) is 1.94. The van der Waals surface area contributed by atoms with Gasteiger partial charge in [0, 0.05) is 43.2 Å². The molecule has 66 heavy (non-hydrogen) atoms. The highest BCUT2D eigenvalue weighted by molar-refractivity contribution is 7.87. The Morgan fingerprint density at radius 2 is 1.41 bits per heavy atom. The molecule has 0 spiro atoms. The Morgan fingerprint density at radius 3 is 2.00 bits per heavy atom. The van der Waals surface area contributed by atoms with Crippen LogP contribution >= 0.6 is 0 Å². The van der Waals surface area contributed by atoms with E-state index in [0.717, 1.165) is 30.4 Å². The maximum absolute atomic E-state index is 14.7. The van der Waals surface area contributed by atoms with Crippen molar-refractivity contribution < 1.29 is 41.9 Å². The van der Waals surface area contributed by atoms with E-state index >= 15 is 0 Å². The zero-order valence-corrected chi connectivity index (χ0v) is 38.3. The number of hydrogen-bond donors (Lipinski definition) is 8. The van der Waals surface area contributed by atoms with E-state index in [1.807, 2.05) is 12.1 Å². The number of unbranched alkanes of at least 4 members (excludes halogenated alkanes) is 1. The fourth-order valence-corrected chi connectivity index (χ4v) is 7.97. The number of carbonyl (C=O) groups is 5. The Labute approximate surface area is 385 Å². The molecule has 0 aliphatic carbocycles. The first-order valence-corrected chi connectivity index (χ1v) is 23.5. The normalized spacial score (nSPS) is 16.7. The third-order valence-electron chi connectivity index (χ3n) is 11.0. The molecule has 5 rings (SSSR count). The van der Waals surface area contributed by atoms with Crippen LogP contribution in [0.2, 0.25) is 0 Å². The summed E-state index contributed by atoms with van der Waals surface area (Å²) in [7, 11) is -3.13. The van der Waals surface area contributed by atoms with Gasteiger partial charge in [0.1, 0.15) is 48.9 Å². The van der Waals surface area contributed by atoms with Gasteiger partial charge in [0.05, 0.1) is 0 Å². The largest absolute Gasteiger partial charge is 0.492 e.